The summed E-state index contributed by atoms with van der Waals surface area (Å²) in [6.45, 7) is 6.62. The van der Waals surface area contributed by atoms with E-state index in [1.54, 1.807) is 27.0 Å². The average molecular weight is 398 g/mol. The maximum Gasteiger partial charge on any atom is 0.433 e. The molecule has 7 nitrogen and oxygen atoms in total. The van der Waals surface area contributed by atoms with Crippen molar-refractivity contribution in [3.05, 3.63) is 47.0 Å². The van der Waals surface area contributed by atoms with Gasteiger partial charge in [0.15, 0.2) is 5.78 Å². The Labute approximate surface area is 159 Å². The Balaban J connectivity index is 2.09. The van der Waals surface area contributed by atoms with E-state index in [-0.39, 0.29) is 18.8 Å². The van der Waals surface area contributed by atoms with Crippen molar-refractivity contribution in [1.82, 2.24) is 20.1 Å². The molecule has 28 heavy (non-hydrogen) atoms. The highest BCUT2D eigenvalue weighted by molar-refractivity contribution is 5.93. The first-order valence-electron chi connectivity index (χ1n) is 8.41. The molecule has 0 unspecified atom stereocenters. The molecule has 0 fully saturated rings. The second-order valence-electron chi connectivity index (χ2n) is 7.16. The van der Waals surface area contributed by atoms with Gasteiger partial charge in [-0.05, 0) is 26.8 Å². The molecule has 0 radical (unpaired) electrons. The number of alkyl halides is 3. The number of hydrogen-bond acceptors (Lipinski definition) is 5. The minimum absolute atomic E-state index is 0.0620. The zero-order valence-corrected chi connectivity index (χ0v) is 15.9. The number of halogens is 3. The summed E-state index contributed by atoms with van der Waals surface area (Å²) in [6.07, 6.45) is -2.10. The number of pyridine rings is 1. The van der Waals surface area contributed by atoms with E-state index in [0.717, 1.165) is 13.0 Å². The smallest absolute Gasteiger partial charge is 0.433 e. The second-order valence-corrected chi connectivity index (χ2v) is 7.16. The molecule has 0 bridgehead atoms. The van der Waals surface area contributed by atoms with Crippen molar-refractivity contribution in [2.45, 2.75) is 52.6 Å². The first-order valence-corrected chi connectivity index (χ1v) is 8.41. The van der Waals surface area contributed by atoms with Crippen LogP contribution in [0.3, 0.4) is 0 Å². The third-order valence-corrected chi connectivity index (χ3v) is 3.46. The van der Waals surface area contributed by atoms with Gasteiger partial charge in [0.25, 0.3) is 0 Å². The molecule has 0 spiro atoms. The van der Waals surface area contributed by atoms with E-state index in [1.165, 1.54) is 16.9 Å². The van der Waals surface area contributed by atoms with E-state index in [4.69, 9.17) is 4.74 Å². The summed E-state index contributed by atoms with van der Waals surface area (Å²) in [5.41, 5.74) is -1.01. The average Bonchev–Trinajstić information content (AvgIpc) is 2.98. The molecule has 2 heterocycles. The Bertz CT molecular complexity index is 870. The van der Waals surface area contributed by atoms with Crippen LogP contribution in [0.5, 0.6) is 0 Å². The number of Topliss-reactive ketones (excluding diaryl/α,β-unsaturated/α-hetero) is 1. The van der Waals surface area contributed by atoms with Crippen LogP contribution in [0.1, 0.15) is 55.0 Å². The van der Waals surface area contributed by atoms with Crippen molar-refractivity contribution < 1.29 is 27.5 Å². The first-order chi connectivity index (χ1) is 12.8. The first kappa shape index (κ1) is 21.4. The summed E-state index contributed by atoms with van der Waals surface area (Å²) < 4.78 is 45.0. The van der Waals surface area contributed by atoms with Gasteiger partial charge in [0.2, 0.25) is 0 Å². The highest BCUT2D eigenvalue weighted by Gasteiger charge is 2.33. The van der Waals surface area contributed by atoms with Crippen LogP contribution in [-0.2, 0) is 24.0 Å². The van der Waals surface area contributed by atoms with E-state index >= 15 is 0 Å². The summed E-state index contributed by atoms with van der Waals surface area (Å²) in [5, 5.41) is 6.68. The van der Waals surface area contributed by atoms with Gasteiger partial charge < -0.3 is 10.1 Å². The summed E-state index contributed by atoms with van der Waals surface area (Å²) in [5.74, 6) is -0.569. The van der Waals surface area contributed by atoms with Gasteiger partial charge >= 0.3 is 12.3 Å². The minimum Gasteiger partial charge on any atom is -0.444 e. The molecule has 1 N–H and O–H groups in total. The zero-order valence-electron chi connectivity index (χ0n) is 15.9. The largest absolute Gasteiger partial charge is 0.444 e. The normalized spacial score (nSPS) is 12.0. The quantitative estimate of drug-likeness (QED) is 0.778. The fourth-order valence-electron chi connectivity index (χ4n) is 2.33. The third-order valence-electron chi connectivity index (χ3n) is 3.46. The molecule has 0 saturated heterocycles. The Morgan fingerprint density at radius 2 is 1.89 bits per heavy atom. The van der Waals surface area contributed by atoms with E-state index in [0.29, 0.717) is 11.1 Å². The van der Waals surface area contributed by atoms with Crippen LogP contribution in [0, 0.1) is 0 Å². The van der Waals surface area contributed by atoms with Crippen LogP contribution in [0.25, 0.3) is 0 Å². The van der Waals surface area contributed by atoms with Gasteiger partial charge in [-0.3, -0.25) is 9.48 Å². The SMILES string of the molecule is CC(=O)c1nc(C(F)(F)F)ccc1Cn1cc(CNC(=O)OC(C)(C)C)cn1. The zero-order chi connectivity index (χ0) is 21.1. The third kappa shape index (κ3) is 6.07. The van der Waals surface area contributed by atoms with Gasteiger partial charge in [0.05, 0.1) is 12.7 Å². The number of carbonyl (C=O) groups excluding carboxylic acids is 2. The van der Waals surface area contributed by atoms with Crippen molar-refractivity contribution in [2.75, 3.05) is 0 Å². The summed E-state index contributed by atoms with van der Waals surface area (Å²) in [4.78, 5) is 26.8. The van der Waals surface area contributed by atoms with E-state index < -0.39 is 29.3 Å². The number of carbonyl (C=O) groups is 2. The molecule has 2 aromatic heterocycles. The fraction of sp³-hybridized carbons (Fsp3) is 0.444. The fourth-order valence-corrected chi connectivity index (χ4v) is 2.33. The number of nitrogens with zero attached hydrogens (tertiary/aromatic N) is 3. The number of rotatable bonds is 5. The van der Waals surface area contributed by atoms with Crippen molar-refractivity contribution in [3.8, 4) is 0 Å². The molecule has 152 valence electrons. The lowest BCUT2D eigenvalue weighted by Gasteiger charge is -2.19. The topological polar surface area (TPSA) is 86.1 Å². The molecule has 0 atom stereocenters. The molecular weight excluding hydrogens is 377 g/mol. The lowest BCUT2D eigenvalue weighted by Crippen LogP contribution is -2.32. The number of nitrogens with one attached hydrogen (secondary N) is 1. The number of ketones is 1. The summed E-state index contributed by atoms with van der Waals surface area (Å²) >= 11 is 0. The number of amides is 1. The summed E-state index contributed by atoms with van der Waals surface area (Å²) in [6, 6.07) is 2.04. The molecule has 2 aromatic rings. The standard InChI is InChI=1S/C18H21F3N4O3/c1-11(26)15-13(5-6-14(24-15)18(19,20)21)10-25-9-12(8-23-25)7-22-16(27)28-17(2,3)4/h5-6,8-9H,7,10H2,1-4H3,(H,22,27). The molecule has 0 saturated carbocycles. The van der Waals surface area contributed by atoms with Crippen LogP contribution < -0.4 is 5.32 Å². The van der Waals surface area contributed by atoms with Gasteiger partial charge in [-0.25, -0.2) is 9.78 Å². The van der Waals surface area contributed by atoms with Gasteiger partial charge in [0, 0.05) is 30.8 Å². The van der Waals surface area contributed by atoms with E-state index in [2.05, 4.69) is 15.4 Å². The van der Waals surface area contributed by atoms with Crippen LogP contribution in [0.2, 0.25) is 0 Å². The molecule has 0 aliphatic heterocycles. The molecule has 0 aliphatic rings. The van der Waals surface area contributed by atoms with Gasteiger partial charge in [-0.2, -0.15) is 18.3 Å². The van der Waals surface area contributed by atoms with Crippen LogP contribution >= 0.6 is 0 Å². The summed E-state index contributed by atoms with van der Waals surface area (Å²) in [7, 11) is 0. The van der Waals surface area contributed by atoms with Gasteiger partial charge in [-0.15, -0.1) is 0 Å². The second kappa shape index (κ2) is 7.99. The lowest BCUT2D eigenvalue weighted by atomic mass is 10.1. The Hall–Kier alpha value is -2.91. The molecule has 2 rings (SSSR count). The molecule has 1 amide bonds. The Morgan fingerprint density at radius 3 is 2.46 bits per heavy atom. The molecule has 0 aromatic carbocycles. The predicted molar refractivity (Wildman–Crippen MR) is 93.6 cm³/mol. The van der Waals surface area contributed by atoms with Crippen LogP contribution in [-0.4, -0.2) is 32.2 Å². The number of alkyl carbamates (subject to hydrolysis) is 1. The predicted octanol–water partition coefficient (Wildman–Crippen LogP) is 3.57. The maximum atomic E-state index is 12.8. The Kier molecular flexibility index (Phi) is 6.10. The minimum atomic E-state index is -4.63. The molecule has 10 heteroatoms. The monoisotopic (exact) mass is 398 g/mol. The number of hydrogen-bond donors (Lipinski definition) is 1. The number of ether oxygens (including phenoxy) is 1. The number of aromatic nitrogens is 3. The van der Waals surface area contributed by atoms with Crippen molar-refractivity contribution in [3.63, 3.8) is 0 Å². The van der Waals surface area contributed by atoms with Crippen LogP contribution in [0.4, 0.5) is 18.0 Å². The van der Waals surface area contributed by atoms with E-state index in [1.807, 2.05) is 0 Å². The highest BCUT2D eigenvalue weighted by atomic mass is 19.4. The maximum absolute atomic E-state index is 12.8. The van der Waals surface area contributed by atoms with Crippen molar-refractivity contribution in [2.24, 2.45) is 0 Å². The van der Waals surface area contributed by atoms with Gasteiger partial charge in [-0.1, -0.05) is 6.07 Å². The Morgan fingerprint density at radius 1 is 1.21 bits per heavy atom. The van der Waals surface area contributed by atoms with E-state index in [9.17, 15) is 22.8 Å². The van der Waals surface area contributed by atoms with Crippen molar-refractivity contribution >= 4 is 11.9 Å². The highest BCUT2D eigenvalue weighted by Crippen LogP contribution is 2.28. The van der Waals surface area contributed by atoms with Gasteiger partial charge in [0.1, 0.15) is 17.0 Å². The molecule has 0 aliphatic carbocycles. The lowest BCUT2D eigenvalue weighted by molar-refractivity contribution is -0.141. The van der Waals surface area contributed by atoms with Crippen LogP contribution in [0.15, 0.2) is 24.5 Å². The van der Waals surface area contributed by atoms with Crippen molar-refractivity contribution in [1.29, 1.82) is 0 Å². The molecular formula is C18H21F3N4O3.